The second kappa shape index (κ2) is 5.22. The summed E-state index contributed by atoms with van der Waals surface area (Å²) in [6, 6.07) is 11.5. The Hall–Kier alpha value is -1.54. The highest BCUT2D eigenvalue weighted by Crippen LogP contribution is 2.27. The number of hydrogen-bond acceptors (Lipinski definition) is 2. The Morgan fingerprint density at radius 1 is 1.16 bits per heavy atom. The zero-order valence-electron chi connectivity index (χ0n) is 11.4. The molecule has 2 aromatic rings. The smallest absolute Gasteiger partial charge is 0.169 e. The first kappa shape index (κ1) is 13.9. The molecule has 0 radical (unpaired) electrons. The molecule has 2 nitrogen and oxygen atoms in total. The van der Waals surface area contributed by atoms with Crippen LogP contribution in [0.2, 0.25) is 0 Å². The number of carbonyl (C=O) groups is 1. The Morgan fingerprint density at radius 2 is 1.79 bits per heavy atom. The molecule has 0 aliphatic carbocycles. The summed E-state index contributed by atoms with van der Waals surface area (Å²) in [5.74, 6) is 1.19. The van der Waals surface area contributed by atoms with Crippen LogP contribution < -0.4 is 4.74 Å². The van der Waals surface area contributed by atoms with E-state index in [1.807, 2.05) is 50.2 Å². The third-order valence-corrected chi connectivity index (χ3v) is 3.93. The fourth-order valence-electron chi connectivity index (χ4n) is 1.94. The number of carbonyl (C=O) groups excluding carboxylic acids is 1. The van der Waals surface area contributed by atoms with Gasteiger partial charge in [-0.1, -0.05) is 32.0 Å². The van der Waals surface area contributed by atoms with Crippen LogP contribution in [0.4, 0.5) is 0 Å². The monoisotopic (exact) mass is 276 g/mol. The lowest BCUT2D eigenvalue weighted by atomic mass is 9.85. The fraction of sp³-hybridized carbons (Fsp3) is 0.312. The summed E-state index contributed by atoms with van der Waals surface area (Å²) in [6.45, 7) is 3.72. The molecule has 0 fully saturated rings. The van der Waals surface area contributed by atoms with Crippen LogP contribution in [0.3, 0.4) is 0 Å². The number of ether oxygens (including phenoxy) is 1. The molecule has 0 saturated carbocycles. The predicted molar refractivity (Wildman–Crippen MR) is 79.3 cm³/mol. The van der Waals surface area contributed by atoms with Gasteiger partial charge in [-0.2, -0.15) is 0 Å². The van der Waals surface area contributed by atoms with E-state index in [9.17, 15) is 4.79 Å². The topological polar surface area (TPSA) is 26.3 Å². The van der Waals surface area contributed by atoms with Crippen molar-refractivity contribution in [3.05, 3.63) is 42.0 Å². The van der Waals surface area contributed by atoms with Gasteiger partial charge in [0.05, 0.1) is 7.11 Å². The maximum atomic E-state index is 12.4. The summed E-state index contributed by atoms with van der Waals surface area (Å²) in [6.07, 6.45) is 0. The van der Waals surface area contributed by atoms with E-state index in [0.717, 1.165) is 16.5 Å². The molecule has 0 amide bonds. The first-order valence-electron chi connectivity index (χ1n) is 6.16. The molecular weight excluding hydrogens is 260 g/mol. The van der Waals surface area contributed by atoms with Crippen LogP contribution in [0, 0.1) is 5.41 Å². The van der Waals surface area contributed by atoms with E-state index in [2.05, 4.69) is 0 Å². The number of benzene rings is 2. The number of hydrogen-bond donors (Lipinski definition) is 0. The van der Waals surface area contributed by atoms with Crippen LogP contribution in [-0.2, 0) is 0 Å². The van der Waals surface area contributed by atoms with Gasteiger partial charge in [0.1, 0.15) is 5.75 Å². The molecule has 0 N–H and O–H groups in total. The van der Waals surface area contributed by atoms with Crippen molar-refractivity contribution < 1.29 is 9.53 Å². The zero-order chi connectivity index (χ0) is 14.0. The third kappa shape index (κ3) is 2.74. The lowest BCUT2D eigenvalue weighted by Crippen LogP contribution is -2.26. The molecule has 0 unspecified atom stereocenters. The van der Waals surface area contributed by atoms with Gasteiger partial charge in [-0.3, -0.25) is 4.79 Å². The summed E-state index contributed by atoms with van der Waals surface area (Å²) in [4.78, 5) is 12.4. The minimum atomic E-state index is -0.540. The highest BCUT2D eigenvalue weighted by molar-refractivity contribution is 6.21. The summed E-state index contributed by atoms with van der Waals surface area (Å²) in [7, 11) is 1.64. The SMILES string of the molecule is COc1ccc2cc(C(=O)C(C)(C)CCl)ccc2c1. The summed E-state index contributed by atoms with van der Waals surface area (Å²) < 4.78 is 5.19. The molecule has 0 bridgehead atoms. The molecule has 0 spiro atoms. The van der Waals surface area contributed by atoms with E-state index in [4.69, 9.17) is 16.3 Å². The number of fused-ring (bicyclic) bond motifs is 1. The Bertz CT molecular complexity index is 617. The number of Topliss-reactive ketones (excluding diaryl/α,β-unsaturated/α-hetero) is 1. The third-order valence-electron chi connectivity index (χ3n) is 3.26. The fourth-order valence-corrected chi connectivity index (χ4v) is 2.06. The van der Waals surface area contributed by atoms with Gasteiger partial charge >= 0.3 is 0 Å². The quantitative estimate of drug-likeness (QED) is 0.615. The second-order valence-corrected chi connectivity index (χ2v) is 5.54. The molecule has 100 valence electrons. The van der Waals surface area contributed by atoms with Crippen LogP contribution in [-0.4, -0.2) is 18.8 Å². The summed E-state index contributed by atoms with van der Waals surface area (Å²) in [5, 5.41) is 2.08. The normalized spacial score (nSPS) is 11.6. The molecule has 0 aromatic heterocycles. The Balaban J connectivity index is 2.45. The van der Waals surface area contributed by atoms with Crippen LogP contribution in [0.5, 0.6) is 5.75 Å². The maximum Gasteiger partial charge on any atom is 0.169 e. The Kier molecular flexibility index (Phi) is 3.81. The van der Waals surface area contributed by atoms with Gasteiger partial charge in [-0.15, -0.1) is 11.6 Å². The number of rotatable bonds is 4. The minimum Gasteiger partial charge on any atom is -0.497 e. The minimum absolute atomic E-state index is 0.0696. The van der Waals surface area contributed by atoms with E-state index in [-0.39, 0.29) is 5.78 Å². The molecular formula is C16H17ClO2. The first-order valence-corrected chi connectivity index (χ1v) is 6.70. The van der Waals surface area contributed by atoms with Crippen molar-refractivity contribution in [2.45, 2.75) is 13.8 Å². The van der Waals surface area contributed by atoms with E-state index >= 15 is 0 Å². The van der Waals surface area contributed by atoms with Crippen molar-refractivity contribution in [3.8, 4) is 5.75 Å². The Morgan fingerprint density at radius 3 is 2.42 bits per heavy atom. The van der Waals surface area contributed by atoms with Gasteiger partial charge in [0.2, 0.25) is 0 Å². The van der Waals surface area contributed by atoms with Crippen molar-refractivity contribution in [1.82, 2.24) is 0 Å². The van der Waals surface area contributed by atoms with Crippen molar-refractivity contribution in [2.24, 2.45) is 5.41 Å². The summed E-state index contributed by atoms with van der Waals surface area (Å²) in [5.41, 5.74) is 0.158. The van der Waals surface area contributed by atoms with E-state index in [1.54, 1.807) is 7.11 Å². The molecule has 0 saturated heterocycles. The summed E-state index contributed by atoms with van der Waals surface area (Å²) >= 11 is 5.86. The highest BCUT2D eigenvalue weighted by Gasteiger charge is 2.27. The largest absolute Gasteiger partial charge is 0.497 e. The molecule has 3 heteroatoms. The Labute approximate surface area is 118 Å². The van der Waals surface area contributed by atoms with Crippen molar-refractivity contribution in [3.63, 3.8) is 0 Å². The van der Waals surface area contributed by atoms with Crippen molar-refractivity contribution in [2.75, 3.05) is 13.0 Å². The van der Waals surface area contributed by atoms with Gasteiger partial charge in [-0.05, 0) is 29.0 Å². The van der Waals surface area contributed by atoms with Crippen molar-refractivity contribution >= 4 is 28.2 Å². The predicted octanol–water partition coefficient (Wildman–Crippen LogP) is 4.30. The zero-order valence-corrected chi connectivity index (χ0v) is 12.1. The molecule has 0 aliphatic rings. The maximum absolute atomic E-state index is 12.4. The molecule has 2 rings (SSSR count). The van der Waals surface area contributed by atoms with Crippen LogP contribution in [0.1, 0.15) is 24.2 Å². The number of methoxy groups -OCH3 is 1. The lowest BCUT2D eigenvalue weighted by Gasteiger charge is -2.19. The molecule has 0 atom stereocenters. The van der Waals surface area contributed by atoms with Gasteiger partial charge in [0, 0.05) is 16.9 Å². The van der Waals surface area contributed by atoms with Crippen molar-refractivity contribution in [1.29, 1.82) is 0 Å². The first-order chi connectivity index (χ1) is 8.97. The van der Waals surface area contributed by atoms with Crippen LogP contribution in [0.15, 0.2) is 36.4 Å². The lowest BCUT2D eigenvalue weighted by molar-refractivity contribution is 0.0862. The molecule has 2 aromatic carbocycles. The van der Waals surface area contributed by atoms with Crippen LogP contribution >= 0.6 is 11.6 Å². The van der Waals surface area contributed by atoms with Gasteiger partial charge < -0.3 is 4.74 Å². The average molecular weight is 277 g/mol. The van der Waals surface area contributed by atoms with E-state index in [0.29, 0.717) is 11.4 Å². The highest BCUT2D eigenvalue weighted by atomic mass is 35.5. The molecule has 0 heterocycles. The number of ketones is 1. The van der Waals surface area contributed by atoms with Gasteiger partial charge in [-0.25, -0.2) is 0 Å². The van der Waals surface area contributed by atoms with E-state index < -0.39 is 5.41 Å². The van der Waals surface area contributed by atoms with Gasteiger partial charge in [0.15, 0.2) is 5.78 Å². The van der Waals surface area contributed by atoms with Crippen LogP contribution in [0.25, 0.3) is 10.8 Å². The van der Waals surface area contributed by atoms with E-state index in [1.165, 1.54) is 0 Å². The molecule has 0 aliphatic heterocycles. The number of alkyl halides is 1. The average Bonchev–Trinajstić information content (AvgIpc) is 2.45. The number of halogens is 1. The van der Waals surface area contributed by atoms with Gasteiger partial charge in [0.25, 0.3) is 0 Å². The molecule has 19 heavy (non-hydrogen) atoms. The second-order valence-electron chi connectivity index (χ2n) is 5.27. The standard InChI is InChI=1S/C16H17ClO2/c1-16(2,10-17)15(18)13-5-4-12-9-14(19-3)7-6-11(12)8-13/h4-9H,10H2,1-3H3.